The van der Waals surface area contributed by atoms with Gasteiger partial charge in [0, 0.05) is 11.6 Å². The summed E-state index contributed by atoms with van der Waals surface area (Å²) >= 11 is 0. The minimum Gasteiger partial charge on any atom is -0.486 e. The first-order valence-corrected chi connectivity index (χ1v) is 5.83. The third kappa shape index (κ3) is 2.97. The lowest BCUT2D eigenvalue weighted by atomic mass is 10.1. The van der Waals surface area contributed by atoms with Crippen LogP contribution in [0.2, 0.25) is 0 Å². The van der Waals surface area contributed by atoms with Crippen LogP contribution in [0.25, 0.3) is 0 Å². The third-order valence-corrected chi connectivity index (χ3v) is 2.54. The SMILES string of the molecule is CC(C)NCC(=O)c1ccc2c(c1)OCCO2. The molecule has 1 aliphatic heterocycles. The van der Waals surface area contributed by atoms with Gasteiger partial charge in [-0.1, -0.05) is 13.8 Å². The van der Waals surface area contributed by atoms with E-state index < -0.39 is 0 Å². The van der Waals surface area contributed by atoms with E-state index in [-0.39, 0.29) is 5.78 Å². The number of hydrogen-bond acceptors (Lipinski definition) is 4. The Kier molecular flexibility index (Phi) is 3.64. The highest BCUT2D eigenvalue weighted by Crippen LogP contribution is 2.30. The van der Waals surface area contributed by atoms with Gasteiger partial charge >= 0.3 is 0 Å². The molecule has 0 radical (unpaired) electrons. The van der Waals surface area contributed by atoms with Gasteiger partial charge in [0.05, 0.1) is 6.54 Å². The molecule has 0 spiro atoms. The van der Waals surface area contributed by atoms with Gasteiger partial charge in [0.25, 0.3) is 0 Å². The summed E-state index contributed by atoms with van der Waals surface area (Å²) in [4.78, 5) is 11.9. The molecule has 0 aliphatic carbocycles. The van der Waals surface area contributed by atoms with Gasteiger partial charge < -0.3 is 14.8 Å². The summed E-state index contributed by atoms with van der Waals surface area (Å²) < 4.78 is 10.8. The molecule has 4 nitrogen and oxygen atoms in total. The van der Waals surface area contributed by atoms with E-state index in [0.29, 0.717) is 42.9 Å². The summed E-state index contributed by atoms with van der Waals surface area (Å²) in [6, 6.07) is 5.62. The Morgan fingerprint density at radius 1 is 1.29 bits per heavy atom. The Morgan fingerprint density at radius 3 is 2.71 bits per heavy atom. The van der Waals surface area contributed by atoms with Crippen molar-refractivity contribution in [2.75, 3.05) is 19.8 Å². The van der Waals surface area contributed by atoms with Gasteiger partial charge in [-0.15, -0.1) is 0 Å². The second kappa shape index (κ2) is 5.19. The smallest absolute Gasteiger partial charge is 0.176 e. The number of nitrogens with one attached hydrogen (secondary N) is 1. The largest absolute Gasteiger partial charge is 0.486 e. The first-order valence-electron chi connectivity index (χ1n) is 5.83. The lowest BCUT2D eigenvalue weighted by Crippen LogP contribution is -2.29. The number of fused-ring (bicyclic) bond motifs is 1. The molecule has 0 atom stereocenters. The van der Waals surface area contributed by atoms with E-state index in [1.807, 2.05) is 13.8 Å². The third-order valence-electron chi connectivity index (χ3n) is 2.54. The fourth-order valence-corrected chi connectivity index (χ4v) is 1.62. The number of ketones is 1. The molecule has 0 amide bonds. The lowest BCUT2D eigenvalue weighted by Gasteiger charge is -2.18. The number of benzene rings is 1. The topological polar surface area (TPSA) is 47.6 Å². The molecule has 4 heteroatoms. The fourth-order valence-electron chi connectivity index (χ4n) is 1.62. The highest BCUT2D eigenvalue weighted by Gasteiger charge is 2.14. The quantitative estimate of drug-likeness (QED) is 0.806. The summed E-state index contributed by atoms with van der Waals surface area (Å²) in [5, 5.41) is 3.10. The monoisotopic (exact) mass is 235 g/mol. The van der Waals surface area contributed by atoms with Gasteiger partial charge in [-0.2, -0.15) is 0 Å². The van der Waals surface area contributed by atoms with E-state index in [1.54, 1.807) is 18.2 Å². The van der Waals surface area contributed by atoms with E-state index in [2.05, 4.69) is 5.32 Å². The number of ether oxygens (including phenoxy) is 2. The van der Waals surface area contributed by atoms with Crippen LogP contribution in [0.4, 0.5) is 0 Å². The highest BCUT2D eigenvalue weighted by atomic mass is 16.6. The van der Waals surface area contributed by atoms with Crippen molar-refractivity contribution in [3.63, 3.8) is 0 Å². The van der Waals surface area contributed by atoms with Crippen LogP contribution >= 0.6 is 0 Å². The molecular formula is C13H17NO3. The Labute approximate surface area is 101 Å². The average Bonchev–Trinajstić information content (AvgIpc) is 2.35. The molecule has 1 aromatic carbocycles. The Morgan fingerprint density at radius 2 is 2.00 bits per heavy atom. The molecule has 2 rings (SSSR count). The van der Waals surface area contributed by atoms with Crippen LogP contribution in [0.3, 0.4) is 0 Å². The number of carbonyl (C=O) groups is 1. The van der Waals surface area contributed by atoms with Crippen molar-refractivity contribution in [3.05, 3.63) is 23.8 Å². The highest BCUT2D eigenvalue weighted by molar-refractivity contribution is 5.98. The van der Waals surface area contributed by atoms with Gasteiger partial charge in [-0.3, -0.25) is 4.79 Å². The van der Waals surface area contributed by atoms with Crippen LogP contribution in [0.15, 0.2) is 18.2 Å². The maximum absolute atomic E-state index is 11.9. The minimum atomic E-state index is 0.0654. The van der Waals surface area contributed by atoms with E-state index in [0.717, 1.165) is 0 Å². The van der Waals surface area contributed by atoms with Crippen molar-refractivity contribution in [2.24, 2.45) is 0 Å². The summed E-state index contributed by atoms with van der Waals surface area (Å²) in [5.74, 6) is 1.44. The van der Waals surface area contributed by atoms with E-state index in [4.69, 9.17) is 9.47 Å². The van der Waals surface area contributed by atoms with Crippen LogP contribution in [0, 0.1) is 0 Å². The van der Waals surface area contributed by atoms with Gasteiger partial charge in [0.2, 0.25) is 0 Å². The zero-order valence-electron chi connectivity index (χ0n) is 10.2. The molecule has 1 N–H and O–H groups in total. The maximum atomic E-state index is 11.9. The van der Waals surface area contributed by atoms with Crippen molar-refractivity contribution < 1.29 is 14.3 Å². The van der Waals surface area contributed by atoms with E-state index in [9.17, 15) is 4.79 Å². The fraction of sp³-hybridized carbons (Fsp3) is 0.462. The van der Waals surface area contributed by atoms with E-state index >= 15 is 0 Å². The summed E-state index contributed by atoms with van der Waals surface area (Å²) in [7, 11) is 0. The molecule has 92 valence electrons. The van der Waals surface area contributed by atoms with Gasteiger partial charge in [0.1, 0.15) is 13.2 Å². The zero-order valence-corrected chi connectivity index (χ0v) is 10.2. The van der Waals surface area contributed by atoms with Crippen LogP contribution in [0.1, 0.15) is 24.2 Å². The van der Waals surface area contributed by atoms with Gasteiger partial charge in [0.15, 0.2) is 17.3 Å². The molecule has 0 unspecified atom stereocenters. The molecule has 0 saturated heterocycles. The van der Waals surface area contributed by atoms with Gasteiger partial charge in [-0.25, -0.2) is 0 Å². The van der Waals surface area contributed by atoms with Gasteiger partial charge in [-0.05, 0) is 18.2 Å². The molecule has 0 fully saturated rings. The van der Waals surface area contributed by atoms with E-state index in [1.165, 1.54) is 0 Å². The first-order chi connectivity index (χ1) is 8.16. The number of hydrogen-bond donors (Lipinski definition) is 1. The molecule has 1 heterocycles. The van der Waals surface area contributed by atoms with Crippen molar-refractivity contribution >= 4 is 5.78 Å². The van der Waals surface area contributed by atoms with Crippen molar-refractivity contribution in [1.29, 1.82) is 0 Å². The number of carbonyl (C=O) groups excluding carboxylic acids is 1. The number of rotatable bonds is 4. The molecular weight excluding hydrogens is 218 g/mol. The molecule has 17 heavy (non-hydrogen) atoms. The van der Waals surface area contributed by atoms with Crippen LogP contribution in [-0.2, 0) is 0 Å². The minimum absolute atomic E-state index is 0.0654. The normalized spacial score (nSPS) is 13.8. The maximum Gasteiger partial charge on any atom is 0.176 e. The Hall–Kier alpha value is -1.55. The average molecular weight is 235 g/mol. The van der Waals surface area contributed by atoms with Crippen LogP contribution < -0.4 is 14.8 Å². The lowest BCUT2D eigenvalue weighted by molar-refractivity contribution is 0.0987. The summed E-state index contributed by atoms with van der Waals surface area (Å²) in [5.41, 5.74) is 0.655. The predicted molar refractivity (Wildman–Crippen MR) is 64.9 cm³/mol. The molecule has 0 aromatic heterocycles. The Bertz CT molecular complexity index is 415. The molecule has 1 aliphatic rings. The summed E-state index contributed by atoms with van der Waals surface area (Å²) in [6.07, 6.45) is 0. The standard InChI is InChI=1S/C13H17NO3/c1-9(2)14-8-11(15)10-3-4-12-13(7-10)17-6-5-16-12/h3-4,7,9,14H,5-6,8H2,1-2H3. The first kappa shape index (κ1) is 11.9. The van der Waals surface area contributed by atoms with Crippen molar-refractivity contribution in [3.8, 4) is 11.5 Å². The van der Waals surface area contributed by atoms with Crippen molar-refractivity contribution in [2.45, 2.75) is 19.9 Å². The zero-order chi connectivity index (χ0) is 12.3. The second-order valence-corrected chi connectivity index (χ2v) is 4.32. The van der Waals surface area contributed by atoms with Crippen LogP contribution in [0.5, 0.6) is 11.5 Å². The second-order valence-electron chi connectivity index (χ2n) is 4.32. The van der Waals surface area contributed by atoms with Crippen LogP contribution in [-0.4, -0.2) is 31.6 Å². The predicted octanol–water partition coefficient (Wildman–Crippen LogP) is 1.64. The Balaban J connectivity index is 2.08. The number of Topliss-reactive ketones (excluding diaryl/α,β-unsaturated/α-hetero) is 1. The summed E-state index contributed by atoms with van der Waals surface area (Å²) in [6.45, 7) is 5.47. The van der Waals surface area contributed by atoms with Crippen molar-refractivity contribution in [1.82, 2.24) is 5.32 Å². The molecule has 1 aromatic rings. The molecule has 0 saturated carbocycles. The molecule has 0 bridgehead atoms.